The van der Waals surface area contributed by atoms with Gasteiger partial charge in [-0.25, -0.2) is 0 Å². The SMILES string of the molecule is Cc1cccc(N2CCN(C(=O)CSc3nnc(C4CC4)n3Cc3ccccc3)CC2)c1. The van der Waals surface area contributed by atoms with Crippen LogP contribution in [0.15, 0.2) is 59.8 Å². The van der Waals surface area contributed by atoms with E-state index in [0.29, 0.717) is 11.7 Å². The molecule has 0 atom stereocenters. The van der Waals surface area contributed by atoms with Gasteiger partial charge in [0.05, 0.1) is 12.3 Å². The van der Waals surface area contributed by atoms with Gasteiger partial charge < -0.3 is 14.4 Å². The predicted molar refractivity (Wildman–Crippen MR) is 128 cm³/mol. The van der Waals surface area contributed by atoms with E-state index in [-0.39, 0.29) is 5.91 Å². The molecule has 166 valence electrons. The number of carbonyl (C=O) groups excluding carboxylic acids is 1. The normalized spacial score (nSPS) is 16.4. The molecule has 1 saturated heterocycles. The van der Waals surface area contributed by atoms with Gasteiger partial charge in [0.15, 0.2) is 5.16 Å². The molecule has 0 radical (unpaired) electrons. The number of aryl methyl sites for hydroxylation is 1. The van der Waals surface area contributed by atoms with Crippen molar-refractivity contribution in [2.24, 2.45) is 0 Å². The highest BCUT2D eigenvalue weighted by Gasteiger charge is 2.31. The second-order valence-corrected chi connectivity index (χ2v) is 9.62. The van der Waals surface area contributed by atoms with Gasteiger partial charge in [-0.3, -0.25) is 4.79 Å². The standard InChI is InChI=1S/C25H29N5OS/c1-19-6-5-9-22(16-19)28-12-14-29(15-13-28)23(31)18-32-25-27-26-24(21-10-11-21)30(25)17-20-7-3-2-4-8-20/h2-9,16,21H,10-15,17-18H2,1H3. The van der Waals surface area contributed by atoms with Crippen LogP contribution in [-0.2, 0) is 11.3 Å². The summed E-state index contributed by atoms with van der Waals surface area (Å²) in [5, 5.41) is 9.77. The first kappa shape index (κ1) is 21.1. The summed E-state index contributed by atoms with van der Waals surface area (Å²) < 4.78 is 2.21. The maximum absolute atomic E-state index is 12.9. The van der Waals surface area contributed by atoms with Gasteiger partial charge in [0.1, 0.15) is 5.82 Å². The summed E-state index contributed by atoms with van der Waals surface area (Å²) in [6, 6.07) is 19.0. The average molecular weight is 448 g/mol. The second-order valence-electron chi connectivity index (χ2n) is 8.68. The molecule has 0 N–H and O–H groups in total. The summed E-state index contributed by atoms with van der Waals surface area (Å²) in [4.78, 5) is 17.3. The number of nitrogens with zero attached hydrogens (tertiary/aromatic N) is 5. The van der Waals surface area contributed by atoms with Crippen molar-refractivity contribution >= 4 is 23.4 Å². The third-order valence-electron chi connectivity index (χ3n) is 6.20. The average Bonchev–Trinajstić information content (AvgIpc) is 3.60. The van der Waals surface area contributed by atoms with E-state index >= 15 is 0 Å². The third kappa shape index (κ3) is 4.83. The molecule has 0 bridgehead atoms. The molecule has 7 heteroatoms. The summed E-state index contributed by atoms with van der Waals surface area (Å²) in [5.41, 5.74) is 3.74. The van der Waals surface area contributed by atoms with Crippen molar-refractivity contribution < 1.29 is 4.79 Å². The number of piperazine rings is 1. The molecule has 32 heavy (non-hydrogen) atoms. The number of carbonyl (C=O) groups is 1. The molecule has 2 heterocycles. The fourth-order valence-corrected chi connectivity index (χ4v) is 5.07. The highest BCUT2D eigenvalue weighted by Crippen LogP contribution is 2.40. The van der Waals surface area contributed by atoms with Crippen LogP contribution in [0, 0.1) is 6.92 Å². The minimum Gasteiger partial charge on any atom is -0.368 e. The topological polar surface area (TPSA) is 54.3 Å². The van der Waals surface area contributed by atoms with Gasteiger partial charge in [0.25, 0.3) is 0 Å². The van der Waals surface area contributed by atoms with Crippen LogP contribution in [-0.4, -0.2) is 57.5 Å². The van der Waals surface area contributed by atoms with Crippen molar-refractivity contribution in [3.8, 4) is 0 Å². The van der Waals surface area contributed by atoms with Crippen LogP contribution in [0.5, 0.6) is 0 Å². The van der Waals surface area contributed by atoms with Crippen molar-refractivity contribution in [2.75, 3.05) is 36.8 Å². The third-order valence-corrected chi connectivity index (χ3v) is 7.15. The molecule has 2 fully saturated rings. The number of thioether (sulfide) groups is 1. The highest BCUT2D eigenvalue weighted by atomic mass is 32.2. The molecular formula is C25H29N5OS. The lowest BCUT2D eigenvalue weighted by molar-refractivity contribution is -0.128. The lowest BCUT2D eigenvalue weighted by Crippen LogP contribution is -2.49. The minimum atomic E-state index is 0.182. The lowest BCUT2D eigenvalue weighted by atomic mass is 10.2. The minimum absolute atomic E-state index is 0.182. The van der Waals surface area contributed by atoms with Crippen LogP contribution < -0.4 is 4.90 Å². The predicted octanol–water partition coefficient (Wildman–Crippen LogP) is 3.95. The molecule has 0 unspecified atom stereocenters. The molecule has 1 saturated carbocycles. The number of aromatic nitrogens is 3. The van der Waals surface area contributed by atoms with Gasteiger partial charge >= 0.3 is 0 Å². The van der Waals surface area contributed by atoms with E-state index < -0.39 is 0 Å². The molecule has 1 amide bonds. The molecule has 6 nitrogen and oxygen atoms in total. The second kappa shape index (κ2) is 9.36. The maximum Gasteiger partial charge on any atom is 0.233 e. The summed E-state index contributed by atoms with van der Waals surface area (Å²) >= 11 is 1.52. The summed E-state index contributed by atoms with van der Waals surface area (Å²) in [5.74, 6) is 2.17. The molecule has 2 aromatic carbocycles. The smallest absolute Gasteiger partial charge is 0.233 e. The fraction of sp³-hybridized carbons (Fsp3) is 0.400. The van der Waals surface area contributed by atoms with Crippen LogP contribution in [0.2, 0.25) is 0 Å². The Labute approximate surface area is 193 Å². The number of benzene rings is 2. The van der Waals surface area contributed by atoms with Crippen LogP contribution in [0.1, 0.15) is 35.7 Å². The largest absolute Gasteiger partial charge is 0.368 e. The Hall–Kier alpha value is -2.80. The van der Waals surface area contributed by atoms with Crippen molar-refractivity contribution in [1.82, 2.24) is 19.7 Å². The molecule has 3 aromatic rings. The zero-order valence-electron chi connectivity index (χ0n) is 18.5. The van der Waals surface area contributed by atoms with E-state index in [2.05, 4.69) is 75.1 Å². The van der Waals surface area contributed by atoms with Crippen LogP contribution in [0.3, 0.4) is 0 Å². The Morgan fingerprint density at radius 3 is 2.50 bits per heavy atom. The monoisotopic (exact) mass is 447 g/mol. The Balaban J connectivity index is 1.19. The van der Waals surface area contributed by atoms with E-state index in [1.54, 1.807) is 0 Å². The van der Waals surface area contributed by atoms with Gasteiger partial charge in [-0.1, -0.05) is 54.2 Å². The number of hydrogen-bond acceptors (Lipinski definition) is 5. The van der Waals surface area contributed by atoms with E-state index in [1.807, 2.05) is 11.0 Å². The first-order chi connectivity index (χ1) is 15.7. The number of amides is 1. The Kier molecular flexibility index (Phi) is 6.17. The van der Waals surface area contributed by atoms with Gasteiger partial charge in [-0.2, -0.15) is 0 Å². The van der Waals surface area contributed by atoms with E-state index in [1.165, 1.54) is 41.4 Å². The molecule has 0 spiro atoms. The van der Waals surface area contributed by atoms with Crippen molar-refractivity contribution in [3.05, 3.63) is 71.5 Å². The molecular weight excluding hydrogens is 418 g/mol. The Morgan fingerprint density at radius 1 is 1.00 bits per heavy atom. The first-order valence-electron chi connectivity index (χ1n) is 11.4. The Bertz CT molecular complexity index is 1070. The number of rotatable bonds is 7. The summed E-state index contributed by atoms with van der Waals surface area (Å²) in [6.07, 6.45) is 2.36. The lowest BCUT2D eigenvalue weighted by Gasteiger charge is -2.36. The summed E-state index contributed by atoms with van der Waals surface area (Å²) in [6.45, 7) is 6.14. The molecule has 1 aliphatic carbocycles. The van der Waals surface area contributed by atoms with E-state index in [9.17, 15) is 4.79 Å². The Morgan fingerprint density at radius 2 is 1.78 bits per heavy atom. The van der Waals surface area contributed by atoms with Crippen molar-refractivity contribution in [1.29, 1.82) is 0 Å². The van der Waals surface area contributed by atoms with Crippen LogP contribution in [0.25, 0.3) is 0 Å². The van der Waals surface area contributed by atoms with Gasteiger partial charge in [-0.05, 0) is 43.0 Å². The molecule has 1 aliphatic heterocycles. The molecule has 1 aromatic heterocycles. The van der Waals surface area contributed by atoms with Gasteiger partial charge in [-0.15, -0.1) is 10.2 Å². The first-order valence-corrected chi connectivity index (χ1v) is 12.3. The zero-order chi connectivity index (χ0) is 21.9. The van der Waals surface area contributed by atoms with Crippen LogP contribution in [0.4, 0.5) is 5.69 Å². The number of anilines is 1. The molecule has 2 aliphatic rings. The summed E-state index contributed by atoms with van der Waals surface area (Å²) in [7, 11) is 0. The highest BCUT2D eigenvalue weighted by molar-refractivity contribution is 7.99. The fourth-order valence-electron chi connectivity index (χ4n) is 4.22. The van der Waals surface area contributed by atoms with Crippen molar-refractivity contribution in [2.45, 2.75) is 37.4 Å². The van der Waals surface area contributed by atoms with Gasteiger partial charge in [0, 0.05) is 37.8 Å². The quantitative estimate of drug-likeness (QED) is 0.513. The maximum atomic E-state index is 12.9. The zero-order valence-corrected chi connectivity index (χ0v) is 19.3. The molecule has 5 rings (SSSR count). The van der Waals surface area contributed by atoms with Crippen LogP contribution >= 0.6 is 11.8 Å². The number of hydrogen-bond donors (Lipinski definition) is 0. The van der Waals surface area contributed by atoms with E-state index in [0.717, 1.165) is 43.7 Å². The van der Waals surface area contributed by atoms with E-state index in [4.69, 9.17) is 0 Å². The van der Waals surface area contributed by atoms with Crippen molar-refractivity contribution in [3.63, 3.8) is 0 Å². The van der Waals surface area contributed by atoms with Gasteiger partial charge in [0.2, 0.25) is 5.91 Å².